The SMILES string of the molecule is c1ccc(COC[C@@H](OCc2ccccc2)[C@@H](OCc2ccccc2)[C@H](OCc2ccccc2)[C@@H](OCc2ccccc2)[C@@H]2CCO[C@H]3CCCC[C@H]23)cc1. The van der Waals surface area contributed by atoms with Crippen LogP contribution in [0.2, 0.25) is 0 Å². The Balaban J connectivity index is 1.27. The van der Waals surface area contributed by atoms with Crippen LogP contribution < -0.4 is 0 Å². The maximum atomic E-state index is 7.23. The van der Waals surface area contributed by atoms with Crippen molar-refractivity contribution >= 4 is 0 Å². The molecule has 288 valence electrons. The van der Waals surface area contributed by atoms with E-state index in [9.17, 15) is 0 Å². The third-order valence-electron chi connectivity index (χ3n) is 11.1. The van der Waals surface area contributed by atoms with Crippen molar-refractivity contribution in [3.8, 4) is 0 Å². The smallest absolute Gasteiger partial charge is 0.115 e. The van der Waals surface area contributed by atoms with Crippen molar-refractivity contribution in [3.05, 3.63) is 179 Å². The molecule has 0 unspecified atom stereocenters. The number of ether oxygens (including phenoxy) is 6. The molecular weight excluding hydrogens is 685 g/mol. The summed E-state index contributed by atoms with van der Waals surface area (Å²) in [5.41, 5.74) is 5.51. The molecule has 5 aromatic rings. The lowest BCUT2D eigenvalue weighted by molar-refractivity contribution is -0.223. The van der Waals surface area contributed by atoms with Gasteiger partial charge in [0.1, 0.15) is 18.3 Å². The van der Waals surface area contributed by atoms with Gasteiger partial charge in [-0.2, -0.15) is 0 Å². The predicted octanol–water partition coefficient (Wildman–Crippen LogP) is 10.1. The average molecular weight is 741 g/mol. The molecule has 1 aliphatic heterocycles. The maximum absolute atomic E-state index is 7.23. The van der Waals surface area contributed by atoms with E-state index in [1.54, 1.807) is 0 Å². The lowest BCUT2D eigenvalue weighted by atomic mass is 9.71. The molecule has 0 radical (unpaired) electrons. The normalized spacial score (nSPS) is 20.5. The highest BCUT2D eigenvalue weighted by Gasteiger charge is 2.47. The standard InChI is InChI=1S/C49H56O6/c1-6-18-38(19-7-1)32-50-37-46(52-33-39-20-8-2-9-21-39)48(54-35-41-24-12-4-13-25-41)49(55-36-42-26-14-5-15-27-42)47(53-34-40-22-10-3-11-23-40)44-30-31-51-45-29-17-16-28-43(44)45/h1-15,18-27,43-49H,16-17,28-37H2/t43-,44-,45+,46-,47+,48-,49-/m1/s1. The van der Waals surface area contributed by atoms with Gasteiger partial charge in [-0.25, -0.2) is 0 Å². The van der Waals surface area contributed by atoms with Gasteiger partial charge in [-0.15, -0.1) is 0 Å². The molecule has 0 amide bonds. The van der Waals surface area contributed by atoms with Crippen molar-refractivity contribution in [1.82, 2.24) is 0 Å². The van der Waals surface area contributed by atoms with Crippen LogP contribution in [0.4, 0.5) is 0 Å². The topological polar surface area (TPSA) is 55.4 Å². The molecule has 0 N–H and O–H groups in total. The second-order valence-corrected chi connectivity index (χ2v) is 14.9. The van der Waals surface area contributed by atoms with Gasteiger partial charge in [0.2, 0.25) is 0 Å². The Morgan fingerprint density at radius 3 is 1.42 bits per heavy atom. The first-order valence-electron chi connectivity index (χ1n) is 20.2. The molecule has 7 atom stereocenters. The number of hydrogen-bond acceptors (Lipinski definition) is 6. The third-order valence-corrected chi connectivity index (χ3v) is 11.1. The Hall–Kier alpha value is -4.14. The summed E-state index contributed by atoms with van der Waals surface area (Å²) < 4.78 is 41.6. The molecule has 7 rings (SSSR count). The number of fused-ring (bicyclic) bond motifs is 1. The van der Waals surface area contributed by atoms with Gasteiger partial charge in [-0.1, -0.05) is 165 Å². The Morgan fingerprint density at radius 2 is 0.891 bits per heavy atom. The van der Waals surface area contributed by atoms with E-state index in [1.165, 1.54) is 12.8 Å². The lowest BCUT2D eigenvalue weighted by Crippen LogP contribution is -2.56. The monoisotopic (exact) mass is 740 g/mol. The average Bonchev–Trinajstić information content (AvgIpc) is 3.26. The summed E-state index contributed by atoms with van der Waals surface area (Å²) in [5.74, 6) is 0.588. The van der Waals surface area contributed by atoms with Crippen molar-refractivity contribution in [2.45, 2.75) is 95.7 Å². The van der Waals surface area contributed by atoms with E-state index in [2.05, 4.69) is 103 Å². The molecule has 5 aromatic carbocycles. The van der Waals surface area contributed by atoms with E-state index in [1.807, 2.05) is 48.5 Å². The van der Waals surface area contributed by atoms with E-state index in [0.29, 0.717) is 52.2 Å². The van der Waals surface area contributed by atoms with Gasteiger partial charge in [0, 0.05) is 6.61 Å². The zero-order chi connectivity index (χ0) is 37.3. The van der Waals surface area contributed by atoms with E-state index in [0.717, 1.165) is 47.1 Å². The first kappa shape index (κ1) is 39.1. The van der Waals surface area contributed by atoms with Crippen LogP contribution >= 0.6 is 0 Å². The summed E-state index contributed by atoms with van der Waals surface area (Å²) >= 11 is 0. The van der Waals surface area contributed by atoms with Crippen molar-refractivity contribution in [1.29, 1.82) is 0 Å². The summed E-state index contributed by atoms with van der Waals surface area (Å²) in [6.07, 6.45) is 3.95. The minimum atomic E-state index is -0.533. The van der Waals surface area contributed by atoms with Gasteiger partial charge in [0.05, 0.1) is 51.8 Å². The van der Waals surface area contributed by atoms with Crippen LogP contribution in [0.1, 0.15) is 59.9 Å². The molecule has 2 fully saturated rings. The van der Waals surface area contributed by atoms with Gasteiger partial charge in [-0.05, 0) is 58.9 Å². The summed E-state index contributed by atoms with van der Waals surface area (Å²) in [7, 11) is 0. The van der Waals surface area contributed by atoms with Crippen molar-refractivity contribution in [2.75, 3.05) is 13.2 Å². The van der Waals surface area contributed by atoms with Crippen molar-refractivity contribution in [2.24, 2.45) is 11.8 Å². The second kappa shape index (κ2) is 21.2. The first-order chi connectivity index (χ1) is 27.3. The second-order valence-electron chi connectivity index (χ2n) is 14.9. The zero-order valence-corrected chi connectivity index (χ0v) is 31.9. The van der Waals surface area contributed by atoms with Crippen LogP contribution in [0.5, 0.6) is 0 Å². The molecule has 6 heteroatoms. The van der Waals surface area contributed by atoms with E-state index in [-0.39, 0.29) is 18.1 Å². The van der Waals surface area contributed by atoms with Crippen LogP contribution in [0, 0.1) is 11.8 Å². The fourth-order valence-electron chi connectivity index (χ4n) is 8.23. The molecule has 0 spiro atoms. The third kappa shape index (κ3) is 11.7. The van der Waals surface area contributed by atoms with Gasteiger partial charge in [-0.3, -0.25) is 0 Å². The maximum Gasteiger partial charge on any atom is 0.115 e. The summed E-state index contributed by atoms with van der Waals surface area (Å²) in [5, 5.41) is 0. The molecule has 0 bridgehead atoms. The van der Waals surface area contributed by atoms with E-state index < -0.39 is 18.3 Å². The molecule has 6 nitrogen and oxygen atoms in total. The van der Waals surface area contributed by atoms with Crippen LogP contribution in [-0.4, -0.2) is 43.7 Å². The van der Waals surface area contributed by atoms with Crippen LogP contribution in [0.25, 0.3) is 0 Å². The molecule has 0 aromatic heterocycles. The highest BCUT2D eigenvalue weighted by molar-refractivity contribution is 5.17. The Morgan fingerprint density at radius 1 is 0.455 bits per heavy atom. The molecule has 55 heavy (non-hydrogen) atoms. The van der Waals surface area contributed by atoms with Crippen molar-refractivity contribution < 1.29 is 28.4 Å². The van der Waals surface area contributed by atoms with Gasteiger partial charge in [0.25, 0.3) is 0 Å². The van der Waals surface area contributed by atoms with E-state index in [4.69, 9.17) is 28.4 Å². The summed E-state index contributed by atoms with van der Waals surface area (Å²) in [6.45, 7) is 3.18. The zero-order valence-electron chi connectivity index (χ0n) is 31.9. The minimum absolute atomic E-state index is 0.214. The molecule has 2 aliphatic rings. The first-order valence-corrected chi connectivity index (χ1v) is 20.2. The highest BCUT2D eigenvalue weighted by atomic mass is 16.6. The minimum Gasteiger partial charge on any atom is -0.378 e. The van der Waals surface area contributed by atoms with Gasteiger partial charge >= 0.3 is 0 Å². The quantitative estimate of drug-likeness (QED) is 0.0792. The Bertz CT molecular complexity index is 1750. The lowest BCUT2D eigenvalue weighted by Gasteiger charge is -2.47. The molecule has 1 saturated heterocycles. The fourth-order valence-corrected chi connectivity index (χ4v) is 8.23. The van der Waals surface area contributed by atoms with Crippen LogP contribution in [0.15, 0.2) is 152 Å². The fraction of sp³-hybridized carbons (Fsp3) is 0.388. The summed E-state index contributed by atoms with van der Waals surface area (Å²) in [6, 6.07) is 51.9. The number of benzene rings is 5. The van der Waals surface area contributed by atoms with Crippen LogP contribution in [-0.2, 0) is 61.5 Å². The molecule has 1 heterocycles. The largest absolute Gasteiger partial charge is 0.378 e. The molecular formula is C49H56O6. The molecule has 1 saturated carbocycles. The number of rotatable bonds is 20. The Labute approximate surface area is 327 Å². The number of hydrogen-bond donors (Lipinski definition) is 0. The highest BCUT2D eigenvalue weighted by Crippen LogP contribution is 2.42. The van der Waals surface area contributed by atoms with Crippen LogP contribution in [0.3, 0.4) is 0 Å². The molecule has 1 aliphatic carbocycles. The van der Waals surface area contributed by atoms with Crippen molar-refractivity contribution in [3.63, 3.8) is 0 Å². The van der Waals surface area contributed by atoms with E-state index >= 15 is 0 Å². The van der Waals surface area contributed by atoms with Gasteiger partial charge in [0.15, 0.2) is 0 Å². The summed E-state index contributed by atoms with van der Waals surface area (Å²) in [4.78, 5) is 0. The Kier molecular flexibility index (Phi) is 15.1. The van der Waals surface area contributed by atoms with Gasteiger partial charge < -0.3 is 28.4 Å². The predicted molar refractivity (Wildman–Crippen MR) is 216 cm³/mol.